The number of nitrogens with zero attached hydrogens (tertiary/aromatic N) is 4. The van der Waals surface area contributed by atoms with E-state index in [-0.39, 0.29) is 16.1 Å². The van der Waals surface area contributed by atoms with Crippen molar-refractivity contribution in [3.63, 3.8) is 0 Å². The van der Waals surface area contributed by atoms with Gasteiger partial charge in [0.1, 0.15) is 0 Å². The van der Waals surface area contributed by atoms with E-state index in [4.69, 9.17) is 5.14 Å². The number of sulfonamides is 1. The number of hydrogen-bond donors (Lipinski definition) is 2. The molecule has 0 spiro atoms. The molecule has 0 fully saturated rings. The molecule has 3 N–H and O–H groups in total. The lowest BCUT2D eigenvalue weighted by atomic mass is 10.3. The van der Waals surface area contributed by atoms with Crippen LogP contribution >= 0.6 is 0 Å². The van der Waals surface area contributed by atoms with Crippen LogP contribution in [0, 0.1) is 6.92 Å². The maximum absolute atomic E-state index is 12.2. The number of rotatable bonds is 2. The minimum Gasteiger partial charge on any atom is -0.283 e. The zero-order valence-corrected chi connectivity index (χ0v) is 14.6. The molecular weight excluding hydrogens is 360 g/mol. The van der Waals surface area contributed by atoms with Crippen molar-refractivity contribution in [3.05, 3.63) is 57.0 Å². The second-order valence-electron chi connectivity index (χ2n) is 5.92. The van der Waals surface area contributed by atoms with Gasteiger partial charge in [-0.1, -0.05) is 0 Å². The highest BCUT2D eigenvalue weighted by Crippen LogP contribution is 2.21. The number of aryl methyl sites for hydroxylation is 2. The molecule has 26 heavy (non-hydrogen) atoms. The molecular formula is C15H14N6O4S. The highest BCUT2D eigenvalue weighted by atomic mass is 32.2. The number of nitrogens with two attached hydrogens (primary N) is 1. The Bertz CT molecular complexity index is 1400. The molecule has 0 aliphatic carbocycles. The summed E-state index contributed by atoms with van der Waals surface area (Å²) in [6.07, 6.45) is 1.72. The molecule has 0 saturated carbocycles. The Hall–Kier alpha value is -3.18. The van der Waals surface area contributed by atoms with Crippen LogP contribution in [0.3, 0.4) is 0 Å². The Balaban J connectivity index is 2.05. The zero-order valence-electron chi connectivity index (χ0n) is 13.8. The SMILES string of the molecule is Cc1cn2c3c(=O)[nH]c(=O)n(C)c3nc2n1-c1ccc(S(N)(=O)=O)cc1. The molecule has 0 atom stereocenters. The Morgan fingerprint density at radius 2 is 1.81 bits per heavy atom. The van der Waals surface area contributed by atoms with Gasteiger partial charge in [-0.25, -0.2) is 18.4 Å². The molecule has 0 aliphatic rings. The van der Waals surface area contributed by atoms with Crippen molar-refractivity contribution in [1.29, 1.82) is 0 Å². The van der Waals surface area contributed by atoms with E-state index in [1.807, 2.05) is 6.92 Å². The maximum Gasteiger partial charge on any atom is 0.329 e. The van der Waals surface area contributed by atoms with E-state index in [1.54, 1.807) is 27.3 Å². The van der Waals surface area contributed by atoms with E-state index in [1.165, 1.54) is 23.7 Å². The van der Waals surface area contributed by atoms with Crippen LogP contribution in [0.5, 0.6) is 0 Å². The van der Waals surface area contributed by atoms with Crippen molar-refractivity contribution in [2.75, 3.05) is 0 Å². The molecule has 0 bridgehead atoms. The number of fused-ring (bicyclic) bond motifs is 3. The average Bonchev–Trinajstić information content (AvgIpc) is 3.06. The Kier molecular flexibility index (Phi) is 3.23. The third-order valence-electron chi connectivity index (χ3n) is 4.22. The van der Waals surface area contributed by atoms with E-state index >= 15 is 0 Å². The van der Waals surface area contributed by atoms with Gasteiger partial charge in [0.25, 0.3) is 5.56 Å². The highest BCUT2D eigenvalue weighted by molar-refractivity contribution is 7.89. The quantitative estimate of drug-likeness (QED) is 0.493. The predicted molar refractivity (Wildman–Crippen MR) is 94.0 cm³/mol. The first-order valence-electron chi connectivity index (χ1n) is 7.51. The fraction of sp³-hybridized carbons (Fsp3) is 0.133. The van der Waals surface area contributed by atoms with Gasteiger partial charge in [-0.2, -0.15) is 4.98 Å². The standard InChI is InChI=1S/C15H14N6O4S/c1-8-7-20-11-12(19(2)15(23)18-13(11)22)17-14(20)21(8)9-3-5-10(6-4-9)26(16,24)25/h3-7H,1-2H3,(H2,16,24,25)(H,18,22,23). The molecule has 4 rings (SSSR count). The third-order valence-corrected chi connectivity index (χ3v) is 5.15. The molecule has 11 heteroatoms. The van der Waals surface area contributed by atoms with Crippen molar-refractivity contribution in [2.45, 2.75) is 11.8 Å². The first-order valence-corrected chi connectivity index (χ1v) is 9.06. The summed E-state index contributed by atoms with van der Waals surface area (Å²) in [6, 6.07) is 5.97. The minimum atomic E-state index is -3.79. The number of aromatic amines is 1. The van der Waals surface area contributed by atoms with Gasteiger partial charge >= 0.3 is 5.69 Å². The van der Waals surface area contributed by atoms with E-state index in [0.717, 1.165) is 5.69 Å². The number of imidazole rings is 2. The van der Waals surface area contributed by atoms with Crippen LogP contribution in [-0.4, -0.2) is 31.9 Å². The summed E-state index contributed by atoms with van der Waals surface area (Å²) in [5, 5.41) is 5.12. The smallest absolute Gasteiger partial charge is 0.283 e. The lowest BCUT2D eigenvalue weighted by Crippen LogP contribution is -2.28. The number of hydrogen-bond acceptors (Lipinski definition) is 5. The highest BCUT2D eigenvalue weighted by Gasteiger charge is 2.18. The summed E-state index contributed by atoms with van der Waals surface area (Å²) < 4.78 is 27.4. The molecule has 0 saturated heterocycles. The van der Waals surface area contributed by atoms with Crippen molar-refractivity contribution < 1.29 is 8.42 Å². The average molecular weight is 374 g/mol. The van der Waals surface area contributed by atoms with Crippen molar-refractivity contribution in [3.8, 4) is 5.69 Å². The van der Waals surface area contributed by atoms with Gasteiger partial charge in [-0.05, 0) is 31.2 Å². The Morgan fingerprint density at radius 1 is 1.15 bits per heavy atom. The van der Waals surface area contributed by atoms with Crippen LogP contribution in [0.25, 0.3) is 22.6 Å². The van der Waals surface area contributed by atoms with E-state index < -0.39 is 21.3 Å². The molecule has 0 radical (unpaired) electrons. The van der Waals surface area contributed by atoms with Gasteiger partial charge in [-0.15, -0.1) is 0 Å². The number of nitrogens with one attached hydrogen (secondary N) is 1. The normalized spacial score (nSPS) is 12.3. The van der Waals surface area contributed by atoms with Crippen LogP contribution in [0.15, 0.2) is 44.9 Å². The summed E-state index contributed by atoms with van der Waals surface area (Å²) in [5.74, 6) is 0.424. The zero-order chi connectivity index (χ0) is 18.8. The molecule has 0 unspecified atom stereocenters. The maximum atomic E-state index is 12.2. The first-order chi connectivity index (χ1) is 12.2. The van der Waals surface area contributed by atoms with Gasteiger partial charge in [-0.3, -0.25) is 23.3 Å². The summed E-state index contributed by atoms with van der Waals surface area (Å²) in [6.45, 7) is 1.82. The Labute approximate surface area is 146 Å². The fourth-order valence-corrected chi connectivity index (χ4v) is 3.49. The number of aromatic nitrogens is 5. The van der Waals surface area contributed by atoms with E-state index in [9.17, 15) is 18.0 Å². The summed E-state index contributed by atoms with van der Waals surface area (Å²) in [7, 11) is -2.27. The number of benzene rings is 1. The number of H-pyrrole nitrogens is 1. The largest absolute Gasteiger partial charge is 0.329 e. The second-order valence-corrected chi connectivity index (χ2v) is 7.48. The topological polar surface area (TPSA) is 137 Å². The molecule has 3 heterocycles. The van der Waals surface area contributed by atoms with Crippen LogP contribution in [0.2, 0.25) is 0 Å². The monoisotopic (exact) mass is 374 g/mol. The summed E-state index contributed by atoms with van der Waals surface area (Å²) in [4.78, 5) is 30.7. The predicted octanol–water partition coefficient (Wildman–Crippen LogP) is -0.379. The molecule has 10 nitrogen and oxygen atoms in total. The van der Waals surface area contributed by atoms with Crippen LogP contribution < -0.4 is 16.4 Å². The second kappa shape index (κ2) is 5.16. The van der Waals surface area contributed by atoms with Crippen LogP contribution in [0.1, 0.15) is 5.69 Å². The van der Waals surface area contributed by atoms with Crippen LogP contribution in [0.4, 0.5) is 0 Å². The Morgan fingerprint density at radius 3 is 2.42 bits per heavy atom. The first kappa shape index (κ1) is 16.3. The third kappa shape index (κ3) is 2.21. The van der Waals surface area contributed by atoms with Gasteiger partial charge in [0.2, 0.25) is 15.8 Å². The van der Waals surface area contributed by atoms with E-state index in [0.29, 0.717) is 11.5 Å². The van der Waals surface area contributed by atoms with Crippen molar-refractivity contribution >= 4 is 27.0 Å². The minimum absolute atomic E-state index is 0.00516. The fourth-order valence-electron chi connectivity index (χ4n) is 2.98. The molecule has 134 valence electrons. The summed E-state index contributed by atoms with van der Waals surface area (Å²) >= 11 is 0. The number of primary sulfonamides is 1. The summed E-state index contributed by atoms with van der Waals surface area (Å²) in [5.41, 5.74) is 0.836. The molecule has 0 amide bonds. The van der Waals surface area contributed by atoms with Crippen molar-refractivity contribution in [1.82, 2.24) is 23.5 Å². The van der Waals surface area contributed by atoms with Crippen LogP contribution in [-0.2, 0) is 17.1 Å². The van der Waals surface area contributed by atoms with Crippen molar-refractivity contribution in [2.24, 2.45) is 12.2 Å². The molecule has 0 aliphatic heterocycles. The molecule has 1 aromatic carbocycles. The van der Waals surface area contributed by atoms with Gasteiger partial charge in [0.05, 0.1) is 4.90 Å². The lowest BCUT2D eigenvalue weighted by Gasteiger charge is -2.06. The van der Waals surface area contributed by atoms with Gasteiger partial charge in [0, 0.05) is 24.6 Å². The molecule has 3 aromatic heterocycles. The van der Waals surface area contributed by atoms with E-state index in [2.05, 4.69) is 9.97 Å². The van der Waals surface area contributed by atoms with Gasteiger partial charge < -0.3 is 0 Å². The van der Waals surface area contributed by atoms with Gasteiger partial charge in [0.15, 0.2) is 11.2 Å². The molecule has 4 aromatic rings. The lowest BCUT2D eigenvalue weighted by molar-refractivity contribution is 0.598.